The molecule has 1 fully saturated rings. The zero-order valence-corrected chi connectivity index (χ0v) is 17.6. The molecule has 0 radical (unpaired) electrons. The van der Waals surface area contributed by atoms with Crippen molar-refractivity contribution in [2.75, 3.05) is 18.4 Å². The van der Waals surface area contributed by atoms with E-state index in [2.05, 4.69) is 32.8 Å². The molecule has 9 heteroatoms. The van der Waals surface area contributed by atoms with Gasteiger partial charge in [0.05, 0.1) is 11.3 Å². The number of nitriles is 1. The lowest BCUT2D eigenvalue weighted by Crippen LogP contribution is -2.41. The fraction of sp³-hybridized carbons (Fsp3) is 0.318. The van der Waals surface area contributed by atoms with Gasteiger partial charge in [0.2, 0.25) is 0 Å². The van der Waals surface area contributed by atoms with Crippen molar-refractivity contribution in [1.29, 1.82) is 5.26 Å². The van der Waals surface area contributed by atoms with Crippen LogP contribution in [0, 0.1) is 11.3 Å². The van der Waals surface area contributed by atoms with Crippen molar-refractivity contribution in [3.8, 4) is 17.3 Å². The van der Waals surface area contributed by atoms with Crippen LogP contribution in [-0.2, 0) is 7.05 Å². The monoisotopic (exact) mass is 416 g/mol. The quantitative estimate of drug-likeness (QED) is 0.654. The molecule has 9 nitrogen and oxygen atoms in total. The highest BCUT2D eigenvalue weighted by Gasteiger charge is 2.22. The van der Waals surface area contributed by atoms with Gasteiger partial charge in [-0.15, -0.1) is 0 Å². The number of anilines is 1. The van der Waals surface area contributed by atoms with Crippen LogP contribution >= 0.6 is 0 Å². The van der Waals surface area contributed by atoms with Gasteiger partial charge in [-0.25, -0.2) is 15.0 Å². The summed E-state index contributed by atoms with van der Waals surface area (Å²) in [5, 5.41) is 12.7. The van der Waals surface area contributed by atoms with Crippen LogP contribution in [0.25, 0.3) is 22.3 Å². The third-order valence-electron chi connectivity index (χ3n) is 5.57. The molecule has 3 aromatic rings. The molecular formula is C22H24N8O. The fourth-order valence-electron chi connectivity index (χ4n) is 3.93. The number of allylic oxidation sites excluding steroid dienone is 1. The zero-order chi connectivity index (χ0) is 22.1. The number of hydrogen-bond donors (Lipinski definition) is 2. The molecule has 1 aliphatic rings. The number of nitrogens with zero attached hydrogens (tertiary/aromatic N) is 6. The topological polar surface area (TPSA) is 126 Å². The highest BCUT2D eigenvalue weighted by Crippen LogP contribution is 2.28. The smallest absolute Gasteiger partial charge is 0.251 e. The molecule has 1 unspecified atom stereocenters. The van der Waals surface area contributed by atoms with Crippen molar-refractivity contribution >= 4 is 22.8 Å². The van der Waals surface area contributed by atoms with Gasteiger partial charge in [0, 0.05) is 43.6 Å². The van der Waals surface area contributed by atoms with E-state index in [0.717, 1.165) is 31.6 Å². The lowest BCUT2D eigenvalue weighted by molar-refractivity contribution is 0.100. The molecule has 0 saturated carbocycles. The molecule has 4 heterocycles. The van der Waals surface area contributed by atoms with Crippen molar-refractivity contribution < 1.29 is 4.79 Å². The average Bonchev–Trinajstić information content (AvgIpc) is 3.14. The number of nitrogens with one attached hydrogen (secondary N) is 1. The standard InChI is InChI=1S/C22H24N8O/c1-13(2)30-6-4-5-15(11-30)27-22-20-19(25-12-26-22)17(21(24)31)8-18(28-20)14-7-16(9-23)29(3)10-14/h7-8,10,12,15H,1,4-6,11H2,2-3H3,(H2,24,31)(H,25,26,27). The Bertz CT molecular complexity index is 1220. The van der Waals surface area contributed by atoms with E-state index in [4.69, 9.17) is 10.7 Å². The molecule has 3 N–H and O–H groups in total. The first-order chi connectivity index (χ1) is 14.9. The van der Waals surface area contributed by atoms with Crippen LogP contribution in [0.4, 0.5) is 5.82 Å². The Labute approximate surface area is 180 Å². The number of fused-ring (bicyclic) bond motifs is 1. The number of carbonyl (C=O) groups is 1. The maximum Gasteiger partial charge on any atom is 0.251 e. The predicted octanol–water partition coefficient (Wildman–Crippen LogP) is 2.41. The number of hydrogen-bond acceptors (Lipinski definition) is 7. The first-order valence-electron chi connectivity index (χ1n) is 10.1. The number of rotatable bonds is 5. The molecule has 0 bridgehead atoms. The summed E-state index contributed by atoms with van der Waals surface area (Å²) in [6.45, 7) is 7.85. The molecule has 4 rings (SSSR count). The van der Waals surface area contributed by atoms with Gasteiger partial charge < -0.3 is 20.5 Å². The normalized spacial score (nSPS) is 16.2. The van der Waals surface area contributed by atoms with E-state index in [1.165, 1.54) is 6.33 Å². The van der Waals surface area contributed by atoms with Crippen LogP contribution in [0.5, 0.6) is 0 Å². The number of carbonyl (C=O) groups excluding carboxylic acids is 1. The highest BCUT2D eigenvalue weighted by atomic mass is 16.1. The van der Waals surface area contributed by atoms with Crippen LogP contribution in [0.3, 0.4) is 0 Å². The first kappa shape index (κ1) is 20.3. The first-order valence-corrected chi connectivity index (χ1v) is 10.1. The van der Waals surface area contributed by atoms with E-state index >= 15 is 0 Å². The second-order valence-corrected chi connectivity index (χ2v) is 7.84. The Kier molecular flexibility index (Phi) is 5.29. The maximum atomic E-state index is 12.2. The van der Waals surface area contributed by atoms with Crippen molar-refractivity contribution in [2.45, 2.75) is 25.8 Å². The minimum absolute atomic E-state index is 0.160. The predicted molar refractivity (Wildman–Crippen MR) is 118 cm³/mol. The summed E-state index contributed by atoms with van der Waals surface area (Å²) in [5.74, 6) is -0.0415. The summed E-state index contributed by atoms with van der Waals surface area (Å²) < 4.78 is 1.71. The van der Waals surface area contributed by atoms with Crippen molar-refractivity contribution in [1.82, 2.24) is 24.4 Å². The SMILES string of the molecule is C=C(C)N1CCCC(Nc2ncnc3c(C(N)=O)cc(-c4cc(C#N)n(C)c4)nc23)C1. The second-order valence-electron chi connectivity index (χ2n) is 7.84. The minimum atomic E-state index is -0.596. The van der Waals surface area contributed by atoms with Crippen LogP contribution < -0.4 is 11.1 Å². The molecule has 31 heavy (non-hydrogen) atoms. The zero-order valence-electron chi connectivity index (χ0n) is 17.6. The Morgan fingerprint density at radius 1 is 1.35 bits per heavy atom. The number of likely N-dealkylation sites (tertiary alicyclic amines) is 1. The van der Waals surface area contributed by atoms with Gasteiger partial charge in [0.25, 0.3) is 5.91 Å². The summed E-state index contributed by atoms with van der Waals surface area (Å²) in [7, 11) is 1.78. The second kappa shape index (κ2) is 8.07. The van der Waals surface area contributed by atoms with Crippen LogP contribution in [0.1, 0.15) is 35.8 Å². The van der Waals surface area contributed by atoms with Gasteiger partial charge in [-0.1, -0.05) is 6.58 Å². The number of aryl methyl sites for hydroxylation is 1. The van der Waals surface area contributed by atoms with Gasteiger partial charge in [0.1, 0.15) is 29.1 Å². The summed E-state index contributed by atoms with van der Waals surface area (Å²) in [5.41, 5.74) is 9.56. The molecule has 0 spiro atoms. The van der Waals surface area contributed by atoms with Gasteiger partial charge in [-0.05, 0) is 31.9 Å². The van der Waals surface area contributed by atoms with Crippen molar-refractivity contribution in [2.24, 2.45) is 12.8 Å². The molecule has 3 aromatic heterocycles. The van der Waals surface area contributed by atoms with Crippen LogP contribution in [0.2, 0.25) is 0 Å². The largest absolute Gasteiger partial charge is 0.373 e. The fourth-order valence-corrected chi connectivity index (χ4v) is 3.93. The Morgan fingerprint density at radius 2 is 2.16 bits per heavy atom. The number of nitrogens with two attached hydrogens (primary N) is 1. The number of primary amides is 1. The summed E-state index contributed by atoms with van der Waals surface area (Å²) in [6, 6.07) is 5.63. The van der Waals surface area contributed by atoms with Crippen molar-refractivity contribution in [3.05, 3.63) is 48.2 Å². The van der Waals surface area contributed by atoms with E-state index in [-0.39, 0.29) is 11.6 Å². The molecule has 158 valence electrons. The molecule has 1 atom stereocenters. The van der Waals surface area contributed by atoms with E-state index < -0.39 is 5.91 Å². The summed E-state index contributed by atoms with van der Waals surface area (Å²) >= 11 is 0. The van der Waals surface area contributed by atoms with Crippen molar-refractivity contribution in [3.63, 3.8) is 0 Å². The summed E-state index contributed by atoms with van der Waals surface area (Å²) in [4.78, 5) is 27.9. The number of amides is 1. The van der Waals surface area contributed by atoms with Gasteiger partial charge in [-0.2, -0.15) is 5.26 Å². The molecule has 1 saturated heterocycles. The molecule has 0 aromatic carbocycles. The lowest BCUT2D eigenvalue weighted by Gasteiger charge is -2.35. The lowest BCUT2D eigenvalue weighted by atomic mass is 10.0. The van der Waals surface area contributed by atoms with E-state index in [1.54, 1.807) is 29.9 Å². The highest BCUT2D eigenvalue weighted by molar-refractivity contribution is 6.06. The third-order valence-corrected chi connectivity index (χ3v) is 5.57. The van der Waals surface area contributed by atoms with Gasteiger partial charge in [0.15, 0.2) is 5.82 Å². The number of aromatic nitrogens is 4. The van der Waals surface area contributed by atoms with E-state index in [1.807, 2.05) is 6.92 Å². The molecule has 1 amide bonds. The average molecular weight is 416 g/mol. The minimum Gasteiger partial charge on any atom is -0.373 e. The molecular weight excluding hydrogens is 392 g/mol. The van der Waals surface area contributed by atoms with E-state index in [9.17, 15) is 10.1 Å². The Balaban J connectivity index is 1.79. The third kappa shape index (κ3) is 3.92. The molecule has 0 aliphatic carbocycles. The Morgan fingerprint density at radius 3 is 2.84 bits per heavy atom. The van der Waals surface area contributed by atoms with Gasteiger partial charge >= 0.3 is 0 Å². The van der Waals surface area contributed by atoms with Crippen LogP contribution in [-0.4, -0.2) is 49.5 Å². The summed E-state index contributed by atoms with van der Waals surface area (Å²) in [6.07, 6.45) is 5.23. The Hall–Kier alpha value is -3.93. The molecule has 1 aliphatic heterocycles. The van der Waals surface area contributed by atoms with Gasteiger partial charge in [-0.3, -0.25) is 4.79 Å². The number of pyridine rings is 1. The van der Waals surface area contributed by atoms with Crippen LogP contribution in [0.15, 0.2) is 36.9 Å². The van der Waals surface area contributed by atoms with E-state index in [0.29, 0.717) is 33.8 Å². The maximum absolute atomic E-state index is 12.2. The number of piperidine rings is 1.